The first kappa shape index (κ1) is 41.4. The molecule has 0 bridgehead atoms. The third-order valence-corrected chi connectivity index (χ3v) is 9.44. The number of ether oxygens (including phenoxy) is 2. The number of nitrogens with zero attached hydrogens (tertiary/aromatic N) is 1. The molecule has 8 heteroatoms. The zero-order valence-electron chi connectivity index (χ0n) is 29.3. The Morgan fingerprint density at radius 3 is 1.76 bits per heavy atom. The van der Waals surface area contributed by atoms with Crippen molar-refractivity contribution in [2.24, 2.45) is 5.92 Å². The van der Waals surface area contributed by atoms with Gasteiger partial charge in [-0.15, -0.1) is 0 Å². The minimum atomic E-state index is -0.502. The lowest BCUT2D eigenvalue weighted by molar-refractivity contribution is -0.702. The van der Waals surface area contributed by atoms with Gasteiger partial charge in [0.15, 0.2) is 0 Å². The van der Waals surface area contributed by atoms with Crippen LogP contribution < -0.4 is 44.3 Å². The fraction of sp³-hybridized carbons (Fsp3) is 0.811. The van der Waals surface area contributed by atoms with Gasteiger partial charge in [0.2, 0.25) is 5.69 Å². The highest BCUT2D eigenvalue weighted by Gasteiger charge is 2.31. The van der Waals surface area contributed by atoms with Crippen LogP contribution in [0.5, 0.6) is 5.88 Å². The average molecular weight is 744 g/mol. The molecule has 1 aromatic rings. The molecule has 0 aliphatic heterocycles. The lowest BCUT2D eigenvalue weighted by Gasteiger charge is -2.17. The van der Waals surface area contributed by atoms with E-state index in [1.165, 1.54) is 116 Å². The maximum atomic E-state index is 13.2. The first-order valence-corrected chi connectivity index (χ1v) is 18.4. The number of halogens is 1. The Morgan fingerprint density at radius 1 is 0.778 bits per heavy atom. The number of nitrogens with two attached hydrogens (primary N) is 1. The van der Waals surface area contributed by atoms with Crippen LogP contribution in [0, 0.1) is 19.8 Å². The minimum Gasteiger partial charge on any atom is -1.00 e. The molecule has 0 radical (unpaired) electrons. The van der Waals surface area contributed by atoms with Crippen molar-refractivity contribution >= 4 is 17.7 Å². The van der Waals surface area contributed by atoms with Gasteiger partial charge in [-0.3, -0.25) is 0 Å². The summed E-state index contributed by atoms with van der Waals surface area (Å²) in [6.07, 6.45) is 27.7. The molecule has 0 saturated heterocycles. The zero-order valence-corrected chi connectivity index (χ0v) is 31.4. The second-order valence-electron chi connectivity index (χ2n) is 13.1. The van der Waals surface area contributed by atoms with Gasteiger partial charge >= 0.3 is 17.9 Å². The second-order valence-corrected chi connectivity index (χ2v) is 13.1. The summed E-state index contributed by atoms with van der Waals surface area (Å²) in [7, 11) is 0. The lowest BCUT2D eigenvalue weighted by atomic mass is 10.0. The second kappa shape index (κ2) is 25.5. The Kier molecular flexibility index (Phi) is 23.5. The van der Waals surface area contributed by atoms with E-state index in [0.29, 0.717) is 54.0 Å². The zero-order chi connectivity index (χ0) is 32.0. The van der Waals surface area contributed by atoms with E-state index in [-0.39, 0.29) is 24.0 Å². The molecule has 1 saturated carbocycles. The summed E-state index contributed by atoms with van der Waals surface area (Å²) >= 11 is 0. The summed E-state index contributed by atoms with van der Waals surface area (Å²) < 4.78 is 13.4. The Balaban J connectivity index is 0.0000101. The Hall–Kier alpha value is -1.58. The summed E-state index contributed by atoms with van der Waals surface area (Å²) in [6, 6.07) is 0. The molecule has 1 aromatic heterocycles. The van der Waals surface area contributed by atoms with Gasteiger partial charge in [-0.1, -0.05) is 129 Å². The van der Waals surface area contributed by atoms with Crippen LogP contribution in [0.15, 0.2) is 0 Å². The molecule has 7 nitrogen and oxygen atoms in total. The molecule has 1 heterocycles. The van der Waals surface area contributed by atoms with Crippen molar-refractivity contribution < 1.29 is 47.6 Å². The van der Waals surface area contributed by atoms with E-state index < -0.39 is 12.1 Å². The van der Waals surface area contributed by atoms with Crippen LogP contribution in [0.3, 0.4) is 0 Å². The van der Waals surface area contributed by atoms with Crippen LogP contribution in [0.25, 0.3) is 0 Å². The number of rotatable bonds is 22. The molecule has 3 N–H and O–H groups in total. The van der Waals surface area contributed by atoms with Crippen molar-refractivity contribution in [2.45, 2.75) is 175 Å². The van der Waals surface area contributed by atoms with Crippen molar-refractivity contribution in [3.63, 3.8) is 0 Å². The third-order valence-electron chi connectivity index (χ3n) is 9.44. The number of amides is 1. The lowest BCUT2D eigenvalue weighted by Crippen LogP contribution is -3.00. The third kappa shape index (κ3) is 16.2. The molecule has 0 spiro atoms. The first-order chi connectivity index (χ1) is 21.4. The Morgan fingerprint density at radius 2 is 1.27 bits per heavy atom. The highest BCUT2D eigenvalue weighted by molar-refractivity contribution is 5.97. The summed E-state index contributed by atoms with van der Waals surface area (Å²) in [4.78, 5) is 25.9. The van der Waals surface area contributed by atoms with Gasteiger partial charge in [0.25, 0.3) is 0 Å². The highest BCUT2D eigenvalue weighted by Crippen LogP contribution is 2.28. The van der Waals surface area contributed by atoms with Gasteiger partial charge in [-0.2, -0.15) is 4.57 Å². The molecule has 0 unspecified atom stereocenters. The molecule has 0 aromatic carbocycles. The van der Waals surface area contributed by atoms with E-state index in [2.05, 4.69) is 12.2 Å². The van der Waals surface area contributed by atoms with E-state index in [1.807, 2.05) is 18.4 Å². The van der Waals surface area contributed by atoms with Crippen LogP contribution in [0.2, 0.25) is 0 Å². The van der Waals surface area contributed by atoms with E-state index >= 15 is 0 Å². The number of pyridine rings is 1. The number of nitrogens with one attached hydrogen (secondary N) is 1. The van der Waals surface area contributed by atoms with Gasteiger partial charge < -0.3 is 44.5 Å². The summed E-state index contributed by atoms with van der Waals surface area (Å²) in [5, 5.41) is 2.89. The van der Waals surface area contributed by atoms with Gasteiger partial charge in [0, 0.05) is 13.5 Å². The molecule has 1 aliphatic carbocycles. The molecular weight excluding hydrogens is 677 g/mol. The SMILES string of the molecule is CCCCCCCCCCCCCCCCCCNC(=O)Oc1c(C)c(C(=O)OCC2CCCCCC2)c(N)c(C)[n+]1CC.[I-]. The van der Waals surface area contributed by atoms with Crippen molar-refractivity contribution in [2.75, 3.05) is 18.9 Å². The predicted molar refractivity (Wildman–Crippen MR) is 181 cm³/mol. The molecular formula is C37H66IN3O4. The number of anilines is 1. The number of hydrogen-bond donors (Lipinski definition) is 2. The molecule has 2 rings (SSSR count). The normalized spacial score (nSPS) is 13.6. The average Bonchev–Trinajstić information content (AvgIpc) is 3.29. The minimum absolute atomic E-state index is 0. The standard InChI is InChI=1S/C37H65N3O4.HI/c1-5-7-8-9-10-11-12-13-14-15-16-17-18-19-22-25-28-39-37(42)44-35-30(3)33(34(38)31(4)40(35)6-2)36(41)43-29-32-26-23-20-21-24-27-32;/h32H,5-29H2,1-4H3,(H2-,38,39,41,42);1H. The number of esters is 1. The summed E-state index contributed by atoms with van der Waals surface area (Å²) in [5.41, 5.74) is 8.35. The van der Waals surface area contributed by atoms with Gasteiger partial charge in [0.05, 0.1) is 12.2 Å². The smallest absolute Gasteiger partial charge is 0.416 e. The number of unbranched alkanes of at least 4 members (excludes halogenated alkanes) is 15. The monoisotopic (exact) mass is 743 g/mol. The van der Waals surface area contributed by atoms with Gasteiger partial charge in [-0.25, -0.2) is 9.59 Å². The molecule has 1 amide bonds. The number of carbonyl (C=O) groups is 2. The maximum Gasteiger partial charge on any atom is 0.416 e. The maximum absolute atomic E-state index is 13.2. The highest BCUT2D eigenvalue weighted by atomic mass is 127. The number of aromatic nitrogens is 1. The largest absolute Gasteiger partial charge is 1.00 e. The van der Waals surface area contributed by atoms with Crippen molar-refractivity contribution in [1.29, 1.82) is 0 Å². The number of carbonyl (C=O) groups excluding carboxylic acids is 2. The van der Waals surface area contributed by atoms with Crippen LogP contribution >= 0.6 is 0 Å². The van der Waals surface area contributed by atoms with Gasteiger partial charge in [-0.05, 0) is 39.0 Å². The van der Waals surface area contributed by atoms with E-state index in [1.54, 1.807) is 6.92 Å². The van der Waals surface area contributed by atoms with Crippen molar-refractivity contribution in [3.8, 4) is 5.88 Å². The Labute approximate surface area is 292 Å². The van der Waals surface area contributed by atoms with Crippen LogP contribution in [0.4, 0.5) is 10.5 Å². The molecule has 1 aliphatic rings. The van der Waals surface area contributed by atoms with Crippen LogP contribution in [0.1, 0.15) is 177 Å². The fourth-order valence-electron chi connectivity index (χ4n) is 6.55. The van der Waals surface area contributed by atoms with Crippen molar-refractivity contribution in [3.05, 3.63) is 16.8 Å². The molecule has 1 fully saturated rings. The Bertz CT molecular complexity index is 964. The van der Waals surface area contributed by atoms with Crippen LogP contribution in [-0.4, -0.2) is 25.2 Å². The first-order valence-electron chi connectivity index (χ1n) is 18.4. The van der Waals surface area contributed by atoms with Gasteiger partial charge in [0.1, 0.15) is 17.8 Å². The van der Waals surface area contributed by atoms with E-state index in [0.717, 1.165) is 25.7 Å². The molecule has 0 atom stereocenters. The summed E-state index contributed by atoms with van der Waals surface area (Å²) in [6.45, 7) is 9.43. The van der Waals surface area contributed by atoms with Crippen molar-refractivity contribution in [1.82, 2.24) is 5.32 Å². The quantitative estimate of drug-likeness (QED) is 0.0455. The van der Waals surface area contributed by atoms with Crippen LogP contribution in [-0.2, 0) is 11.3 Å². The summed E-state index contributed by atoms with van der Waals surface area (Å²) in [5.74, 6) is 0.318. The molecule has 260 valence electrons. The van der Waals surface area contributed by atoms with E-state index in [9.17, 15) is 9.59 Å². The number of nitrogen functional groups attached to an aromatic ring is 1. The van der Waals surface area contributed by atoms with E-state index in [4.69, 9.17) is 15.2 Å². The fourth-order valence-corrected chi connectivity index (χ4v) is 6.55. The molecule has 45 heavy (non-hydrogen) atoms. The number of hydrogen-bond acceptors (Lipinski definition) is 5. The topological polar surface area (TPSA) is 94.5 Å². The predicted octanol–water partition coefficient (Wildman–Crippen LogP) is 6.67.